The van der Waals surface area contributed by atoms with Crippen LogP contribution in [-0.4, -0.2) is 27.5 Å². The Kier molecular flexibility index (Phi) is 7.27. The summed E-state index contributed by atoms with van der Waals surface area (Å²) >= 11 is 6.06. The third-order valence-corrected chi connectivity index (χ3v) is 6.48. The molecule has 0 unspecified atom stereocenters. The van der Waals surface area contributed by atoms with E-state index in [0.717, 1.165) is 0 Å². The van der Waals surface area contributed by atoms with Crippen LogP contribution in [0.15, 0.2) is 71.6 Å². The van der Waals surface area contributed by atoms with Gasteiger partial charge in [-0.3, -0.25) is 9.52 Å². The van der Waals surface area contributed by atoms with Crippen LogP contribution >= 0.6 is 11.6 Å². The maximum absolute atomic E-state index is 12.7. The number of hydrogen-bond acceptors (Lipinski definition) is 5. The van der Waals surface area contributed by atoms with Gasteiger partial charge in [-0.05, 0) is 67.9 Å². The summed E-state index contributed by atoms with van der Waals surface area (Å²) in [5, 5.41) is 3.17. The van der Waals surface area contributed by atoms with E-state index in [-0.39, 0.29) is 10.8 Å². The first-order chi connectivity index (χ1) is 15.2. The fourth-order valence-corrected chi connectivity index (χ4v) is 4.14. The van der Waals surface area contributed by atoms with Crippen molar-refractivity contribution in [2.24, 2.45) is 0 Å². The van der Waals surface area contributed by atoms with Crippen molar-refractivity contribution < 1.29 is 22.7 Å². The van der Waals surface area contributed by atoms with E-state index < -0.39 is 16.1 Å². The van der Waals surface area contributed by atoms with E-state index >= 15 is 0 Å². The normalized spacial score (nSPS) is 12.0. The first kappa shape index (κ1) is 23.4. The minimum absolute atomic E-state index is 0.0493. The Morgan fingerprint density at radius 1 is 0.969 bits per heavy atom. The zero-order chi connectivity index (χ0) is 23.3. The molecule has 9 heteroatoms. The zero-order valence-corrected chi connectivity index (χ0v) is 19.3. The number of methoxy groups -OCH3 is 1. The Balaban J connectivity index is 1.67. The highest BCUT2D eigenvalue weighted by atomic mass is 35.5. The second kappa shape index (κ2) is 9.93. The van der Waals surface area contributed by atoms with Gasteiger partial charge >= 0.3 is 0 Å². The molecule has 2 N–H and O–H groups in total. The minimum atomic E-state index is -3.82. The topological polar surface area (TPSA) is 93.7 Å². The van der Waals surface area contributed by atoms with Crippen molar-refractivity contribution in [1.29, 1.82) is 0 Å². The molecule has 0 aromatic heterocycles. The summed E-state index contributed by atoms with van der Waals surface area (Å²) in [6.07, 6.45) is -0.804. The molecule has 0 bridgehead atoms. The number of halogens is 1. The zero-order valence-electron chi connectivity index (χ0n) is 17.8. The molecule has 1 amide bonds. The Morgan fingerprint density at radius 3 is 2.28 bits per heavy atom. The predicted molar refractivity (Wildman–Crippen MR) is 125 cm³/mol. The van der Waals surface area contributed by atoms with Gasteiger partial charge in [0.25, 0.3) is 15.9 Å². The quantitative estimate of drug-likeness (QED) is 0.486. The Hall–Kier alpha value is -3.23. The molecule has 0 aliphatic carbocycles. The fourth-order valence-electron chi connectivity index (χ4n) is 2.84. The van der Waals surface area contributed by atoms with Gasteiger partial charge in [0, 0.05) is 10.7 Å². The highest BCUT2D eigenvalue weighted by Gasteiger charge is 2.19. The van der Waals surface area contributed by atoms with E-state index in [1.165, 1.54) is 31.4 Å². The maximum Gasteiger partial charge on any atom is 0.265 e. The molecule has 0 aliphatic rings. The second-order valence-corrected chi connectivity index (χ2v) is 9.03. The largest absolute Gasteiger partial charge is 0.493 e. The van der Waals surface area contributed by atoms with Crippen molar-refractivity contribution in [1.82, 2.24) is 0 Å². The number of benzene rings is 3. The number of rotatable bonds is 8. The fraction of sp³-hybridized carbons (Fsp3) is 0.174. The lowest BCUT2D eigenvalue weighted by Crippen LogP contribution is -2.30. The third kappa shape index (κ3) is 5.52. The molecule has 0 spiro atoms. The number of amides is 1. The highest BCUT2D eigenvalue weighted by molar-refractivity contribution is 7.92. The van der Waals surface area contributed by atoms with Crippen LogP contribution in [0.25, 0.3) is 0 Å². The molecule has 3 aromatic rings. The maximum atomic E-state index is 12.7. The van der Waals surface area contributed by atoms with Crippen molar-refractivity contribution >= 4 is 38.9 Å². The molecule has 3 aromatic carbocycles. The summed E-state index contributed by atoms with van der Waals surface area (Å²) < 4.78 is 38.8. The molecular formula is C23H23ClN2O5S. The van der Waals surface area contributed by atoms with Crippen LogP contribution in [-0.2, 0) is 14.8 Å². The molecule has 3 rings (SSSR count). The van der Waals surface area contributed by atoms with Crippen LogP contribution in [0, 0.1) is 6.92 Å². The Labute approximate surface area is 192 Å². The van der Waals surface area contributed by atoms with E-state index in [9.17, 15) is 13.2 Å². The van der Waals surface area contributed by atoms with E-state index in [1.807, 2.05) is 0 Å². The van der Waals surface area contributed by atoms with Crippen molar-refractivity contribution in [3.63, 3.8) is 0 Å². The number of nitrogens with one attached hydrogen (secondary N) is 2. The van der Waals surface area contributed by atoms with Gasteiger partial charge in [0.05, 0.1) is 17.7 Å². The average Bonchev–Trinajstić information content (AvgIpc) is 2.77. The lowest BCUT2D eigenvalue weighted by Gasteiger charge is -2.17. The first-order valence-corrected chi connectivity index (χ1v) is 11.6. The molecular weight excluding hydrogens is 452 g/mol. The van der Waals surface area contributed by atoms with Crippen molar-refractivity contribution in [2.45, 2.75) is 24.8 Å². The molecule has 0 fully saturated rings. The molecule has 0 radical (unpaired) electrons. The molecule has 0 saturated carbocycles. The van der Waals surface area contributed by atoms with Gasteiger partial charge in [-0.15, -0.1) is 0 Å². The average molecular weight is 475 g/mol. The Bertz CT molecular complexity index is 1210. The van der Waals surface area contributed by atoms with Crippen LogP contribution in [0.5, 0.6) is 11.5 Å². The van der Waals surface area contributed by atoms with Gasteiger partial charge in [0.15, 0.2) is 17.6 Å². The van der Waals surface area contributed by atoms with Gasteiger partial charge in [0.2, 0.25) is 0 Å². The van der Waals surface area contributed by atoms with E-state index in [1.54, 1.807) is 56.3 Å². The summed E-state index contributed by atoms with van der Waals surface area (Å²) in [7, 11) is -2.30. The van der Waals surface area contributed by atoms with Gasteiger partial charge < -0.3 is 14.8 Å². The van der Waals surface area contributed by atoms with Crippen LogP contribution < -0.4 is 19.5 Å². The summed E-state index contributed by atoms with van der Waals surface area (Å²) in [6, 6.07) is 17.8. The summed E-state index contributed by atoms with van der Waals surface area (Å²) in [5.41, 5.74) is 1.46. The van der Waals surface area contributed by atoms with Crippen molar-refractivity contribution in [2.75, 3.05) is 17.1 Å². The van der Waals surface area contributed by atoms with Crippen LogP contribution in [0.1, 0.15) is 12.5 Å². The van der Waals surface area contributed by atoms with Gasteiger partial charge in [-0.25, -0.2) is 8.42 Å². The number of sulfonamides is 1. The number of carbonyl (C=O) groups is 1. The number of carbonyl (C=O) groups excluding carboxylic acids is 1. The molecule has 0 heterocycles. The highest BCUT2D eigenvalue weighted by Crippen LogP contribution is 2.28. The van der Waals surface area contributed by atoms with Gasteiger partial charge in [-0.1, -0.05) is 29.8 Å². The molecule has 0 aliphatic heterocycles. The Morgan fingerprint density at radius 2 is 1.62 bits per heavy atom. The number of hydrogen-bond donors (Lipinski definition) is 2. The van der Waals surface area contributed by atoms with Crippen LogP contribution in [0.2, 0.25) is 5.02 Å². The summed E-state index contributed by atoms with van der Waals surface area (Å²) in [5.74, 6) is 0.574. The summed E-state index contributed by atoms with van der Waals surface area (Å²) in [4.78, 5) is 12.5. The molecule has 32 heavy (non-hydrogen) atoms. The molecule has 0 saturated heterocycles. The van der Waals surface area contributed by atoms with Crippen molar-refractivity contribution in [3.8, 4) is 11.5 Å². The smallest absolute Gasteiger partial charge is 0.265 e. The van der Waals surface area contributed by atoms with Gasteiger partial charge in [0.1, 0.15) is 0 Å². The van der Waals surface area contributed by atoms with Crippen molar-refractivity contribution in [3.05, 3.63) is 77.3 Å². The van der Waals surface area contributed by atoms with E-state index in [4.69, 9.17) is 21.1 Å². The molecule has 168 valence electrons. The molecule has 7 nitrogen and oxygen atoms in total. The third-order valence-electron chi connectivity index (χ3n) is 4.69. The standard InChI is InChI=1S/C23H23ClN2O5S/c1-15-19(24)7-6-8-20(15)26-32(28,29)18-13-11-17(12-14-18)25-23(27)16(2)31-22-10-5-4-9-21(22)30-3/h4-14,16,26H,1-3H3,(H,25,27)/t16-/m0/s1. The second-order valence-electron chi connectivity index (χ2n) is 6.94. The molecule has 1 atom stereocenters. The van der Waals surface area contributed by atoms with E-state index in [0.29, 0.717) is 33.5 Å². The number of ether oxygens (including phenoxy) is 2. The van der Waals surface area contributed by atoms with E-state index in [2.05, 4.69) is 10.0 Å². The summed E-state index contributed by atoms with van der Waals surface area (Å²) in [6.45, 7) is 3.34. The monoisotopic (exact) mass is 474 g/mol. The lowest BCUT2D eigenvalue weighted by molar-refractivity contribution is -0.122. The van der Waals surface area contributed by atoms with Gasteiger partial charge in [-0.2, -0.15) is 0 Å². The van der Waals surface area contributed by atoms with Crippen LogP contribution in [0.3, 0.4) is 0 Å². The first-order valence-electron chi connectivity index (χ1n) is 9.70. The minimum Gasteiger partial charge on any atom is -0.493 e. The number of anilines is 2. The number of para-hydroxylation sites is 2. The lowest BCUT2D eigenvalue weighted by atomic mass is 10.2. The van der Waals surface area contributed by atoms with Crippen LogP contribution in [0.4, 0.5) is 11.4 Å². The predicted octanol–water partition coefficient (Wildman–Crippen LogP) is 4.86. The SMILES string of the molecule is COc1ccccc1O[C@@H](C)C(=O)Nc1ccc(S(=O)(=O)Nc2cccc(Cl)c2C)cc1.